The van der Waals surface area contributed by atoms with Crippen LogP contribution < -0.4 is 5.32 Å². The van der Waals surface area contributed by atoms with Gasteiger partial charge in [-0.05, 0) is 0 Å². The molecular formula is C11H15Br2NO. The minimum Gasteiger partial charge on any atom is -0.383 e. The van der Waals surface area contributed by atoms with Crippen LogP contribution in [0.15, 0.2) is 24.4 Å². The molecule has 1 N–H and O–H groups in total. The second kappa shape index (κ2) is 4.42. The third-order valence-corrected chi connectivity index (χ3v) is 5.55. The van der Waals surface area contributed by atoms with Crippen molar-refractivity contribution in [1.29, 1.82) is 0 Å². The van der Waals surface area contributed by atoms with Crippen LogP contribution in [0.2, 0.25) is 0 Å². The van der Waals surface area contributed by atoms with Gasteiger partial charge in [0.1, 0.15) is 3.23 Å². The summed E-state index contributed by atoms with van der Waals surface area (Å²) in [5.41, 5.74) is 0.700. The highest BCUT2D eigenvalue weighted by atomic mass is 79.9. The van der Waals surface area contributed by atoms with Crippen LogP contribution in [0.5, 0.6) is 0 Å². The summed E-state index contributed by atoms with van der Waals surface area (Å²) in [6.07, 6.45) is 3.95. The molecule has 0 heterocycles. The van der Waals surface area contributed by atoms with E-state index in [4.69, 9.17) is 0 Å². The van der Waals surface area contributed by atoms with Gasteiger partial charge < -0.3 is 5.32 Å². The molecule has 0 bridgehead atoms. The molecule has 0 aromatic rings. The SMILES string of the molecule is C=CCNC1=CC(=O)CC(C)(C)C1(Br)Br. The maximum atomic E-state index is 11.6. The van der Waals surface area contributed by atoms with Gasteiger partial charge in [-0.2, -0.15) is 0 Å². The van der Waals surface area contributed by atoms with Gasteiger partial charge in [-0.15, -0.1) is 6.58 Å². The Hall–Kier alpha value is -0.0900. The van der Waals surface area contributed by atoms with Crippen molar-refractivity contribution in [2.75, 3.05) is 6.54 Å². The Morgan fingerprint density at radius 1 is 1.60 bits per heavy atom. The van der Waals surface area contributed by atoms with Gasteiger partial charge in [-0.25, -0.2) is 0 Å². The molecule has 1 aliphatic rings. The lowest BCUT2D eigenvalue weighted by Gasteiger charge is -2.42. The van der Waals surface area contributed by atoms with Crippen molar-refractivity contribution in [3.63, 3.8) is 0 Å². The number of halogens is 2. The molecule has 2 nitrogen and oxygen atoms in total. The van der Waals surface area contributed by atoms with E-state index < -0.39 is 0 Å². The molecule has 15 heavy (non-hydrogen) atoms. The van der Waals surface area contributed by atoms with Crippen LogP contribution in [-0.2, 0) is 4.79 Å². The number of rotatable bonds is 3. The minimum absolute atomic E-state index is 0.154. The first-order valence-electron chi connectivity index (χ1n) is 4.79. The van der Waals surface area contributed by atoms with Crippen LogP contribution in [0.25, 0.3) is 0 Å². The lowest BCUT2D eigenvalue weighted by molar-refractivity contribution is -0.117. The monoisotopic (exact) mass is 335 g/mol. The summed E-state index contributed by atoms with van der Waals surface area (Å²) in [6, 6.07) is 0. The Morgan fingerprint density at radius 2 is 2.20 bits per heavy atom. The second-order valence-corrected chi connectivity index (χ2v) is 7.77. The molecule has 84 valence electrons. The van der Waals surface area contributed by atoms with Crippen molar-refractivity contribution in [2.24, 2.45) is 5.41 Å². The summed E-state index contributed by atoms with van der Waals surface area (Å²) < 4.78 is -0.371. The van der Waals surface area contributed by atoms with Gasteiger partial charge >= 0.3 is 0 Å². The predicted octanol–water partition coefficient (Wildman–Crippen LogP) is 3.13. The number of ketones is 1. The summed E-state index contributed by atoms with van der Waals surface area (Å²) >= 11 is 7.27. The normalized spacial score (nSPS) is 23.2. The van der Waals surface area contributed by atoms with Crippen LogP contribution in [0.3, 0.4) is 0 Å². The maximum absolute atomic E-state index is 11.6. The number of hydrogen-bond acceptors (Lipinski definition) is 2. The maximum Gasteiger partial charge on any atom is 0.158 e. The summed E-state index contributed by atoms with van der Waals surface area (Å²) in [7, 11) is 0. The highest BCUT2D eigenvalue weighted by Crippen LogP contribution is 2.52. The van der Waals surface area contributed by atoms with Crippen LogP contribution in [0, 0.1) is 5.41 Å². The van der Waals surface area contributed by atoms with E-state index in [1.807, 2.05) is 0 Å². The highest BCUT2D eigenvalue weighted by Gasteiger charge is 2.47. The van der Waals surface area contributed by atoms with E-state index in [0.717, 1.165) is 5.70 Å². The average molecular weight is 337 g/mol. The lowest BCUT2D eigenvalue weighted by atomic mass is 9.78. The Labute approximate surface area is 107 Å². The molecule has 0 atom stereocenters. The molecule has 0 aromatic heterocycles. The first-order valence-corrected chi connectivity index (χ1v) is 6.37. The van der Waals surface area contributed by atoms with Gasteiger partial charge in [0, 0.05) is 30.2 Å². The Morgan fingerprint density at radius 3 is 2.73 bits per heavy atom. The van der Waals surface area contributed by atoms with Gasteiger partial charge in [0.05, 0.1) is 0 Å². The number of carbonyl (C=O) groups excluding carboxylic acids is 1. The fraction of sp³-hybridized carbons (Fsp3) is 0.545. The standard InChI is InChI=1S/C11H15Br2NO/c1-4-5-14-9-6-8(15)7-10(2,3)11(9,12)13/h4,6,14H,1,5,7H2,2-3H3. The highest BCUT2D eigenvalue weighted by molar-refractivity contribution is 9.25. The molecular weight excluding hydrogens is 322 g/mol. The van der Waals surface area contributed by atoms with Crippen molar-refractivity contribution in [3.8, 4) is 0 Å². The van der Waals surface area contributed by atoms with Crippen LogP contribution in [0.4, 0.5) is 0 Å². The Bertz CT molecular complexity index is 319. The van der Waals surface area contributed by atoms with Gasteiger partial charge in [0.25, 0.3) is 0 Å². The number of allylic oxidation sites excluding steroid dienone is 2. The quantitative estimate of drug-likeness (QED) is 0.633. The summed E-state index contributed by atoms with van der Waals surface area (Å²) in [6.45, 7) is 8.40. The molecule has 1 rings (SSSR count). The average Bonchev–Trinajstić information content (AvgIpc) is 2.08. The van der Waals surface area contributed by atoms with Gasteiger partial charge in [-0.3, -0.25) is 4.79 Å². The van der Waals surface area contributed by atoms with E-state index >= 15 is 0 Å². The Balaban J connectivity index is 3.01. The molecule has 0 aliphatic heterocycles. The first-order chi connectivity index (χ1) is 6.81. The molecule has 0 saturated heterocycles. The number of alkyl halides is 2. The number of nitrogens with one attached hydrogen (secondary N) is 1. The third-order valence-electron chi connectivity index (χ3n) is 2.55. The second-order valence-electron chi connectivity index (χ2n) is 4.33. The minimum atomic E-state index is -0.371. The van der Waals surface area contributed by atoms with E-state index in [0.29, 0.717) is 13.0 Å². The Kier molecular flexibility index (Phi) is 3.82. The van der Waals surface area contributed by atoms with Gasteiger partial charge in [-0.1, -0.05) is 51.8 Å². The summed E-state index contributed by atoms with van der Waals surface area (Å²) in [4.78, 5) is 11.6. The largest absolute Gasteiger partial charge is 0.383 e. The molecule has 4 heteroatoms. The zero-order chi connectivity index (χ0) is 11.7. The number of carbonyl (C=O) groups is 1. The fourth-order valence-electron chi connectivity index (χ4n) is 1.56. The van der Waals surface area contributed by atoms with Crippen molar-refractivity contribution < 1.29 is 4.79 Å². The molecule has 0 radical (unpaired) electrons. The first kappa shape index (κ1) is 13.0. The van der Waals surface area contributed by atoms with Crippen molar-refractivity contribution in [1.82, 2.24) is 5.32 Å². The predicted molar refractivity (Wildman–Crippen MR) is 70.3 cm³/mol. The summed E-state index contributed by atoms with van der Waals surface area (Å²) in [5, 5.41) is 3.18. The number of hydrogen-bond donors (Lipinski definition) is 1. The third kappa shape index (κ3) is 2.53. The molecule has 0 spiro atoms. The smallest absolute Gasteiger partial charge is 0.158 e. The lowest BCUT2D eigenvalue weighted by Crippen LogP contribution is -2.44. The molecule has 0 amide bonds. The molecule has 0 aromatic carbocycles. The fourth-order valence-corrected chi connectivity index (χ4v) is 2.35. The van der Waals surface area contributed by atoms with E-state index in [1.165, 1.54) is 0 Å². The topological polar surface area (TPSA) is 29.1 Å². The van der Waals surface area contributed by atoms with Gasteiger partial charge in [0.2, 0.25) is 0 Å². The van der Waals surface area contributed by atoms with Gasteiger partial charge in [0.15, 0.2) is 5.78 Å². The molecule has 0 unspecified atom stereocenters. The zero-order valence-electron chi connectivity index (χ0n) is 8.94. The van der Waals surface area contributed by atoms with Crippen molar-refractivity contribution >= 4 is 37.6 Å². The van der Waals surface area contributed by atoms with E-state index in [-0.39, 0.29) is 14.4 Å². The van der Waals surface area contributed by atoms with Crippen LogP contribution in [-0.4, -0.2) is 15.6 Å². The van der Waals surface area contributed by atoms with E-state index in [2.05, 4.69) is 57.6 Å². The van der Waals surface area contributed by atoms with Crippen molar-refractivity contribution in [3.05, 3.63) is 24.4 Å². The zero-order valence-corrected chi connectivity index (χ0v) is 12.1. The van der Waals surface area contributed by atoms with Crippen LogP contribution in [0.1, 0.15) is 20.3 Å². The van der Waals surface area contributed by atoms with E-state index in [9.17, 15) is 4.79 Å². The molecule has 0 saturated carbocycles. The molecule has 1 aliphatic carbocycles. The molecule has 0 fully saturated rings. The summed E-state index contributed by atoms with van der Waals surface area (Å²) in [5.74, 6) is 0.154. The van der Waals surface area contributed by atoms with Crippen molar-refractivity contribution in [2.45, 2.75) is 23.5 Å². The van der Waals surface area contributed by atoms with E-state index in [1.54, 1.807) is 12.2 Å². The van der Waals surface area contributed by atoms with Crippen LogP contribution >= 0.6 is 31.9 Å².